The molecule has 0 N–H and O–H groups in total. The van der Waals surface area contributed by atoms with Crippen molar-refractivity contribution < 1.29 is 9.53 Å². The number of rotatable bonds is 6. The van der Waals surface area contributed by atoms with Crippen molar-refractivity contribution in [1.29, 1.82) is 0 Å². The first-order chi connectivity index (χ1) is 15.1. The van der Waals surface area contributed by atoms with Crippen LogP contribution in [0.3, 0.4) is 0 Å². The molecule has 1 aromatic heterocycles. The highest BCUT2D eigenvalue weighted by Crippen LogP contribution is 2.29. The molecule has 2 aliphatic heterocycles. The van der Waals surface area contributed by atoms with E-state index in [4.69, 9.17) is 4.74 Å². The molecule has 1 atom stereocenters. The van der Waals surface area contributed by atoms with Crippen LogP contribution in [0.25, 0.3) is 11.3 Å². The Bertz CT molecular complexity index is 1090. The Morgan fingerprint density at radius 3 is 2.65 bits per heavy atom. The second-order valence-electron chi connectivity index (χ2n) is 8.70. The number of amides is 1. The number of benzene rings is 2. The maximum absolute atomic E-state index is 13.1. The molecule has 160 valence electrons. The summed E-state index contributed by atoms with van der Waals surface area (Å²) in [5.74, 6) is 0.153. The lowest BCUT2D eigenvalue weighted by atomic mass is 9.93. The largest absolute Gasteiger partial charge is 0.376 e. The molecule has 5 nitrogen and oxygen atoms in total. The Hall–Kier alpha value is -2.92. The number of hydrogen-bond acceptors (Lipinski definition) is 3. The lowest BCUT2D eigenvalue weighted by molar-refractivity contribution is 0.0545. The van der Waals surface area contributed by atoms with Crippen LogP contribution < -0.4 is 0 Å². The summed E-state index contributed by atoms with van der Waals surface area (Å²) in [5, 5.41) is 4.48. The maximum Gasteiger partial charge on any atom is 0.254 e. The SMILES string of the molecule is CCc1cc2c(cc1Cc1ccc(-c3ccn(C)n3)cc1)C(=O)N(CC1CCCO1)C2. The lowest BCUT2D eigenvalue weighted by Gasteiger charge is -2.19. The summed E-state index contributed by atoms with van der Waals surface area (Å²) in [6.45, 7) is 4.43. The Kier molecular flexibility index (Phi) is 5.36. The van der Waals surface area contributed by atoms with Crippen molar-refractivity contribution in [3.8, 4) is 11.3 Å². The molecule has 31 heavy (non-hydrogen) atoms. The molecule has 0 bridgehead atoms. The summed E-state index contributed by atoms with van der Waals surface area (Å²) >= 11 is 0. The highest BCUT2D eigenvalue weighted by molar-refractivity contribution is 5.98. The standard InChI is InChI=1S/C26H29N3O2/c1-3-19-14-22-16-29(17-23-5-4-12-31-23)26(30)24(22)15-21(19)13-18-6-8-20(9-7-18)25-10-11-28(2)27-25/h6-11,14-15,23H,3-5,12-13,16-17H2,1-2H3. The molecule has 1 fully saturated rings. The van der Waals surface area contributed by atoms with Crippen LogP contribution in [0.15, 0.2) is 48.7 Å². The van der Waals surface area contributed by atoms with E-state index >= 15 is 0 Å². The first kappa shape index (κ1) is 20.0. The second-order valence-corrected chi connectivity index (χ2v) is 8.70. The van der Waals surface area contributed by atoms with Gasteiger partial charge in [0.15, 0.2) is 0 Å². The Morgan fingerprint density at radius 2 is 1.97 bits per heavy atom. The number of aromatic nitrogens is 2. The van der Waals surface area contributed by atoms with E-state index in [1.165, 1.54) is 16.7 Å². The Balaban J connectivity index is 1.35. The highest BCUT2D eigenvalue weighted by atomic mass is 16.5. The number of carbonyl (C=O) groups excluding carboxylic acids is 1. The van der Waals surface area contributed by atoms with Crippen molar-refractivity contribution in [3.63, 3.8) is 0 Å². The summed E-state index contributed by atoms with van der Waals surface area (Å²) in [6.07, 6.45) is 6.11. The number of nitrogens with zero attached hydrogens (tertiary/aromatic N) is 3. The smallest absolute Gasteiger partial charge is 0.254 e. The van der Waals surface area contributed by atoms with Gasteiger partial charge in [0.1, 0.15) is 0 Å². The zero-order valence-corrected chi connectivity index (χ0v) is 18.3. The van der Waals surface area contributed by atoms with Crippen LogP contribution in [-0.2, 0) is 31.2 Å². The average molecular weight is 416 g/mol. The van der Waals surface area contributed by atoms with Gasteiger partial charge in [0, 0.05) is 44.1 Å². The minimum Gasteiger partial charge on any atom is -0.376 e. The third kappa shape index (κ3) is 4.02. The highest BCUT2D eigenvalue weighted by Gasteiger charge is 2.31. The van der Waals surface area contributed by atoms with Gasteiger partial charge in [0.05, 0.1) is 11.8 Å². The summed E-state index contributed by atoms with van der Waals surface area (Å²) in [5.41, 5.74) is 7.96. The monoisotopic (exact) mass is 415 g/mol. The lowest BCUT2D eigenvalue weighted by Crippen LogP contribution is -2.32. The molecule has 0 saturated carbocycles. The van der Waals surface area contributed by atoms with E-state index in [1.54, 1.807) is 0 Å². The predicted octanol–water partition coefficient (Wildman–Crippen LogP) is 4.38. The molecule has 5 rings (SSSR count). The molecule has 2 aromatic carbocycles. The topological polar surface area (TPSA) is 47.4 Å². The summed E-state index contributed by atoms with van der Waals surface area (Å²) < 4.78 is 7.57. The normalized spacial score (nSPS) is 18.1. The van der Waals surface area contributed by atoms with Gasteiger partial charge in [-0.15, -0.1) is 0 Å². The van der Waals surface area contributed by atoms with Gasteiger partial charge < -0.3 is 9.64 Å². The third-order valence-electron chi connectivity index (χ3n) is 6.49. The van der Waals surface area contributed by atoms with Crippen molar-refractivity contribution in [3.05, 3.63) is 76.5 Å². The van der Waals surface area contributed by atoms with Gasteiger partial charge in [-0.05, 0) is 60.1 Å². The molecule has 0 radical (unpaired) electrons. The fourth-order valence-electron chi connectivity index (χ4n) is 4.78. The quantitative estimate of drug-likeness (QED) is 0.600. The number of aryl methyl sites for hydroxylation is 2. The van der Waals surface area contributed by atoms with E-state index in [1.807, 2.05) is 28.9 Å². The predicted molar refractivity (Wildman–Crippen MR) is 121 cm³/mol. The fourth-order valence-corrected chi connectivity index (χ4v) is 4.78. The first-order valence-corrected chi connectivity index (χ1v) is 11.2. The number of fused-ring (bicyclic) bond motifs is 1. The van der Waals surface area contributed by atoms with Crippen molar-refractivity contribution >= 4 is 5.91 Å². The van der Waals surface area contributed by atoms with Gasteiger partial charge in [0.25, 0.3) is 5.91 Å². The first-order valence-electron chi connectivity index (χ1n) is 11.2. The zero-order valence-electron chi connectivity index (χ0n) is 18.3. The third-order valence-corrected chi connectivity index (χ3v) is 6.49. The van der Waals surface area contributed by atoms with Crippen LogP contribution in [0.2, 0.25) is 0 Å². The molecule has 1 amide bonds. The van der Waals surface area contributed by atoms with E-state index < -0.39 is 0 Å². The van der Waals surface area contributed by atoms with E-state index in [0.29, 0.717) is 13.1 Å². The summed E-state index contributed by atoms with van der Waals surface area (Å²) in [4.78, 5) is 15.0. The molecule has 5 heteroatoms. The number of carbonyl (C=O) groups is 1. The molecule has 3 heterocycles. The number of hydrogen-bond donors (Lipinski definition) is 0. The number of ether oxygens (including phenoxy) is 1. The molecular formula is C26H29N3O2. The van der Waals surface area contributed by atoms with Gasteiger partial charge in [0.2, 0.25) is 0 Å². The van der Waals surface area contributed by atoms with Gasteiger partial charge >= 0.3 is 0 Å². The van der Waals surface area contributed by atoms with Gasteiger partial charge in [-0.1, -0.05) is 37.3 Å². The molecule has 3 aromatic rings. The zero-order chi connectivity index (χ0) is 21.4. The van der Waals surface area contributed by atoms with Crippen LogP contribution in [0.5, 0.6) is 0 Å². The second kappa shape index (κ2) is 8.31. The molecule has 1 unspecified atom stereocenters. The molecule has 2 aliphatic rings. The molecule has 1 saturated heterocycles. The summed E-state index contributed by atoms with van der Waals surface area (Å²) in [7, 11) is 1.93. The van der Waals surface area contributed by atoms with Crippen LogP contribution in [0.4, 0.5) is 0 Å². The van der Waals surface area contributed by atoms with Crippen molar-refractivity contribution in [2.24, 2.45) is 7.05 Å². The molecule has 0 spiro atoms. The fraction of sp³-hybridized carbons (Fsp3) is 0.385. The molecule has 0 aliphatic carbocycles. The molecular weight excluding hydrogens is 386 g/mol. The maximum atomic E-state index is 13.1. The van der Waals surface area contributed by atoms with Gasteiger partial charge in [-0.3, -0.25) is 9.48 Å². The van der Waals surface area contributed by atoms with E-state index in [2.05, 4.69) is 48.4 Å². The minimum atomic E-state index is 0.153. The van der Waals surface area contributed by atoms with Gasteiger partial charge in [-0.25, -0.2) is 0 Å². The van der Waals surface area contributed by atoms with Crippen molar-refractivity contribution in [2.45, 2.75) is 45.3 Å². The van der Waals surface area contributed by atoms with Gasteiger partial charge in [-0.2, -0.15) is 5.10 Å². The van der Waals surface area contributed by atoms with E-state index in [0.717, 1.165) is 54.7 Å². The Morgan fingerprint density at radius 1 is 1.13 bits per heavy atom. The van der Waals surface area contributed by atoms with E-state index in [9.17, 15) is 4.79 Å². The van der Waals surface area contributed by atoms with E-state index in [-0.39, 0.29) is 12.0 Å². The van der Waals surface area contributed by atoms with Crippen LogP contribution in [-0.4, -0.2) is 39.8 Å². The Labute approximate surface area is 183 Å². The van der Waals surface area contributed by atoms with Crippen LogP contribution in [0, 0.1) is 0 Å². The minimum absolute atomic E-state index is 0.153. The van der Waals surface area contributed by atoms with Crippen LogP contribution in [0.1, 0.15) is 52.4 Å². The average Bonchev–Trinajstić information content (AvgIpc) is 3.51. The van der Waals surface area contributed by atoms with Crippen molar-refractivity contribution in [2.75, 3.05) is 13.2 Å². The summed E-state index contributed by atoms with van der Waals surface area (Å²) in [6, 6.07) is 15.0. The van der Waals surface area contributed by atoms with Crippen LogP contribution >= 0.6 is 0 Å². The van der Waals surface area contributed by atoms with Crippen molar-refractivity contribution in [1.82, 2.24) is 14.7 Å².